The van der Waals surface area contributed by atoms with Gasteiger partial charge in [-0.15, -0.1) is 0 Å². The van der Waals surface area contributed by atoms with Crippen molar-refractivity contribution in [3.63, 3.8) is 0 Å². The van der Waals surface area contributed by atoms with Gasteiger partial charge in [-0.25, -0.2) is 4.98 Å². The molecule has 19 heavy (non-hydrogen) atoms. The van der Waals surface area contributed by atoms with E-state index in [1.54, 1.807) is 13.4 Å². The fourth-order valence-electron chi connectivity index (χ4n) is 2.40. The first-order valence-electron chi connectivity index (χ1n) is 6.78. The number of aromatic nitrogens is 2. The standard InChI is InChI=1S/C13H22N4O2/c1-3-4-9(7-19-2)17-13(18)11-5-10-12(6-14-11)16-8-15-10/h8-9,11,14H,3-7H2,1-2H3,(H,15,16)(H,17,18). The molecule has 0 fully saturated rings. The van der Waals surface area contributed by atoms with Crippen molar-refractivity contribution in [2.45, 2.75) is 44.8 Å². The molecule has 6 heteroatoms. The van der Waals surface area contributed by atoms with Gasteiger partial charge in [0, 0.05) is 20.1 Å². The lowest BCUT2D eigenvalue weighted by molar-refractivity contribution is -0.124. The first kappa shape index (κ1) is 14.0. The average molecular weight is 266 g/mol. The number of ether oxygens (including phenoxy) is 1. The van der Waals surface area contributed by atoms with Crippen LogP contribution in [0.2, 0.25) is 0 Å². The molecule has 1 aliphatic rings. The summed E-state index contributed by atoms with van der Waals surface area (Å²) in [6, 6.07) is -0.114. The van der Waals surface area contributed by atoms with Crippen LogP contribution in [0.4, 0.5) is 0 Å². The second-order valence-corrected chi connectivity index (χ2v) is 4.91. The fraction of sp³-hybridized carbons (Fsp3) is 0.692. The van der Waals surface area contributed by atoms with Crippen molar-refractivity contribution < 1.29 is 9.53 Å². The third kappa shape index (κ3) is 3.54. The monoisotopic (exact) mass is 266 g/mol. The van der Waals surface area contributed by atoms with E-state index in [0.29, 0.717) is 19.6 Å². The van der Waals surface area contributed by atoms with Gasteiger partial charge < -0.3 is 15.0 Å². The molecule has 0 saturated carbocycles. The molecule has 106 valence electrons. The summed E-state index contributed by atoms with van der Waals surface area (Å²) in [6.07, 6.45) is 4.27. The lowest BCUT2D eigenvalue weighted by atomic mass is 10.0. The quantitative estimate of drug-likeness (QED) is 0.694. The highest BCUT2D eigenvalue weighted by molar-refractivity contribution is 5.82. The zero-order chi connectivity index (χ0) is 13.7. The summed E-state index contributed by atoms with van der Waals surface area (Å²) in [7, 11) is 1.66. The van der Waals surface area contributed by atoms with E-state index in [0.717, 1.165) is 24.2 Å². The number of H-pyrrole nitrogens is 1. The van der Waals surface area contributed by atoms with Crippen LogP contribution in [0.25, 0.3) is 0 Å². The Morgan fingerprint density at radius 2 is 2.53 bits per heavy atom. The van der Waals surface area contributed by atoms with Crippen LogP contribution in [-0.4, -0.2) is 41.7 Å². The number of carbonyl (C=O) groups excluding carboxylic acids is 1. The second kappa shape index (κ2) is 6.68. The van der Waals surface area contributed by atoms with Gasteiger partial charge in [0.15, 0.2) is 0 Å². The van der Waals surface area contributed by atoms with Crippen LogP contribution in [0.1, 0.15) is 31.2 Å². The van der Waals surface area contributed by atoms with Crippen LogP contribution in [0.3, 0.4) is 0 Å². The predicted molar refractivity (Wildman–Crippen MR) is 71.6 cm³/mol. The number of nitrogens with one attached hydrogen (secondary N) is 3. The van der Waals surface area contributed by atoms with Gasteiger partial charge in [0.1, 0.15) is 0 Å². The molecule has 3 N–H and O–H groups in total. The van der Waals surface area contributed by atoms with Crippen molar-refractivity contribution in [2.24, 2.45) is 0 Å². The smallest absolute Gasteiger partial charge is 0.237 e. The molecule has 2 heterocycles. The average Bonchev–Trinajstić information content (AvgIpc) is 2.86. The molecule has 2 unspecified atom stereocenters. The number of imidazole rings is 1. The van der Waals surface area contributed by atoms with Crippen LogP contribution >= 0.6 is 0 Å². The largest absolute Gasteiger partial charge is 0.383 e. The predicted octanol–water partition coefficient (Wildman–Crippen LogP) is 0.355. The zero-order valence-corrected chi connectivity index (χ0v) is 11.5. The van der Waals surface area contributed by atoms with Gasteiger partial charge in [-0.3, -0.25) is 10.1 Å². The lowest BCUT2D eigenvalue weighted by Crippen LogP contribution is -2.51. The highest BCUT2D eigenvalue weighted by Crippen LogP contribution is 2.12. The molecular formula is C13H22N4O2. The van der Waals surface area contributed by atoms with Gasteiger partial charge in [-0.05, 0) is 6.42 Å². The molecule has 0 spiro atoms. The van der Waals surface area contributed by atoms with Gasteiger partial charge in [-0.1, -0.05) is 13.3 Å². The number of methoxy groups -OCH3 is 1. The maximum Gasteiger partial charge on any atom is 0.237 e. The lowest BCUT2D eigenvalue weighted by Gasteiger charge is -2.25. The summed E-state index contributed by atoms with van der Waals surface area (Å²) in [5.41, 5.74) is 2.06. The van der Waals surface area contributed by atoms with E-state index in [1.165, 1.54) is 0 Å². The van der Waals surface area contributed by atoms with Gasteiger partial charge in [0.25, 0.3) is 0 Å². The van der Waals surface area contributed by atoms with Crippen LogP contribution < -0.4 is 10.6 Å². The van der Waals surface area contributed by atoms with E-state index in [-0.39, 0.29) is 18.0 Å². The highest BCUT2D eigenvalue weighted by atomic mass is 16.5. The van der Waals surface area contributed by atoms with Crippen molar-refractivity contribution in [3.05, 3.63) is 17.7 Å². The van der Waals surface area contributed by atoms with E-state index >= 15 is 0 Å². The van der Waals surface area contributed by atoms with Gasteiger partial charge >= 0.3 is 0 Å². The SMILES string of the molecule is CCCC(COC)NC(=O)C1Cc2nc[nH]c2CN1. The summed E-state index contributed by atoms with van der Waals surface area (Å²) >= 11 is 0. The van der Waals surface area contributed by atoms with E-state index in [2.05, 4.69) is 27.5 Å². The molecule has 0 radical (unpaired) electrons. The summed E-state index contributed by atoms with van der Waals surface area (Å²) in [5.74, 6) is 0.0316. The van der Waals surface area contributed by atoms with E-state index in [9.17, 15) is 4.79 Å². The number of fused-ring (bicyclic) bond motifs is 1. The van der Waals surface area contributed by atoms with E-state index < -0.39 is 0 Å². The Morgan fingerprint density at radius 3 is 3.26 bits per heavy atom. The van der Waals surface area contributed by atoms with Crippen molar-refractivity contribution in [1.29, 1.82) is 0 Å². The molecule has 1 aromatic rings. The Bertz CT molecular complexity index is 413. The van der Waals surface area contributed by atoms with Crippen LogP contribution in [0, 0.1) is 0 Å². The normalized spacial score (nSPS) is 19.8. The summed E-state index contributed by atoms with van der Waals surface area (Å²) in [5, 5.41) is 6.27. The topological polar surface area (TPSA) is 79.0 Å². The maximum absolute atomic E-state index is 12.2. The van der Waals surface area contributed by atoms with Crippen LogP contribution in [0.5, 0.6) is 0 Å². The molecule has 0 aromatic carbocycles. The molecule has 1 aromatic heterocycles. The van der Waals surface area contributed by atoms with Crippen LogP contribution in [0.15, 0.2) is 6.33 Å². The number of carbonyl (C=O) groups is 1. The maximum atomic E-state index is 12.2. The van der Waals surface area contributed by atoms with Gasteiger partial charge in [0.05, 0.1) is 36.4 Å². The molecular weight excluding hydrogens is 244 g/mol. The van der Waals surface area contributed by atoms with Crippen LogP contribution in [-0.2, 0) is 22.5 Å². The molecule has 2 atom stereocenters. The molecule has 0 bridgehead atoms. The minimum Gasteiger partial charge on any atom is -0.383 e. The van der Waals surface area contributed by atoms with Crippen molar-refractivity contribution in [1.82, 2.24) is 20.6 Å². The minimum atomic E-state index is -0.202. The second-order valence-electron chi connectivity index (χ2n) is 4.91. The molecule has 1 amide bonds. The Hall–Kier alpha value is -1.40. The highest BCUT2D eigenvalue weighted by Gasteiger charge is 2.26. The molecule has 0 aliphatic carbocycles. The third-order valence-corrected chi connectivity index (χ3v) is 3.40. The fourth-order valence-corrected chi connectivity index (χ4v) is 2.40. The minimum absolute atomic E-state index is 0.0316. The first-order valence-corrected chi connectivity index (χ1v) is 6.78. The molecule has 0 saturated heterocycles. The Kier molecular flexibility index (Phi) is 4.93. The number of hydrogen-bond donors (Lipinski definition) is 3. The summed E-state index contributed by atoms with van der Waals surface area (Å²) in [4.78, 5) is 19.5. The third-order valence-electron chi connectivity index (χ3n) is 3.40. The van der Waals surface area contributed by atoms with Gasteiger partial charge in [-0.2, -0.15) is 0 Å². The number of nitrogens with zero attached hydrogens (tertiary/aromatic N) is 1. The first-order chi connectivity index (χ1) is 9.24. The summed E-state index contributed by atoms with van der Waals surface area (Å²) in [6.45, 7) is 3.32. The van der Waals surface area contributed by atoms with Gasteiger partial charge in [0.2, 0.25) is 5.91 Å². The molecule has 2 rings (SSSR count). The van der Waals surface area contributed by atoms with Crippen molar-refractivity contribution in [2.75, 3.05) is 13.7 Å². The molecule has 6 nitrogen and oxygen atoms in total. The van der Waals surface area contributed by atoms with Crippen molar-refractivity contribution >= 4 is 5.91 Å². The Morgan fingerprint density at radius 1 is 1.68 bits per heavy atom. The van der Waals surface area contributed by atoms with Crippen molar-refractivity contribution in [3.8, 4) is 0 Å². The number of hydrogen-bond acceptors (Lipinski definition) is 4. The van der Waals surface area contributed by atoms with E-state index in [1.807, 2.05) is 0 Å². The van der Waals surface area contributed by atoms with E-state index in [4.69, 9.17) is 4.74 Å². The number of aromatic amines is 1. The Labute approximate surface area is 113 Å². The molecule has 1 aliphatic heterocycles. The summed E-state index contributed by atoms with van der Waals surface area (Å²) < 4.78 is 5.14. The number of rotatable bonds is 6. The Balaban J connectivity index is 1.90. The number of amides is 1. The zero-order valence-electron chi connectivity index (χ0n) is 11.5.